The van der Waals surface area contributed by atoms with E-state index >= 15 is 0 Å². The van der Waals surface area contributed by atoms with Crippen LogP contribution in [0, 0.1) is 6.92 Å². The van der Waals surface area contributed by atoms with E-state index < -0.39 is 0 Å². The molecule has 1 aromatic carbocycles. The van der Waals surface area contributed by atoms with Crippen LogP contribution in [0.4, 0.5) is 5.82 Å². The summed E-state index contributed by atoms with van der Waals surface area (Å²) >= 11 is 0. The fraction of sp³-hybridized carbons (Fsp3) is 0.364. The van der Waals surface area contributed by atoms with E-state index in [1.165, 1.54) is 5.56 Å². The van der Waals surface area contributed by atoms with Crippen LogP contribution in [-0.2, 0) is 6.54 Å². The third-order valence-electron chi connectivity index (χ3n) is 5.35. The Balaban J connectivity index is 1.48. The Hall–Kier alpha value is -3.22. The monoisotopic (exact) mass is 390 g/mol. The number of pyridine rings is 1. The fourth-order valence-electron chi connectivity index (χ4n) is 3.94. The molecule has 2 aromatic heterocycles. The normalized spacial score (nSPS) is 17.1. The van der Waals surface area contributed by atoms with Crippen molar-refractivity contribution < 1.29 is 4.79 Å². The van der Waals surface area contributed by atoms with Crippen molar-refractivity contribution in [3.63, 3.8) is 0 Å². The molecule has 3 aromatic rings. The number of rotatable bonds is 4. The Bertz CT molecular complexity index is 984. The summed E-state index contributed by atoms with van der Waals surface area (Å²) in [4.78, 5) is 23.6. The van der Waals surface area contributed by atoms with Crippen LogP contribution >= 0.6 is 0 Å². The van der Waals surface area contributed by atoms with Gasteiger partial charge in [0.25, 0.3) is 5.91 Å². The maximum atomic E-state index is 12.8. The van der Waals surface area contributed by atoms with E-state index in [2.05, 4.69) is 22.2 Å². The van der Waals surface area contributed by atoms with E-state index in [-0.39, 0.29) is 11.8 Å². The molecule has 7 nitrogen and oxygen atoms in total. The second-order valence-electron chi connectivity index (χ2n) is 7.53. The van der Waals surface area contributed by atoms with Gasteiger partial charge in [-0.2, -0.15) is 5.10 Å². The molecular formula is C22H26N6O. The molecule has 1 unspecified atom stereocenters. The highest BCUT2D eigenvalue weighted by atomic mass is 16.2. The first kappa shape index (κ1) is 19.1. The van der Waals surface area contributed by atoms with E-state index in [1.807, 2.05) is 34.7 Å². The van der Waals surface area contributed by atoms with Crippen LogP contribution in [0.25, 0.3) is 0 Å². The molecule has 1 aliphatic rings. The molecule has 0 saturated carbocycles. The maximum absolute atomic E-state index is 12.8. The third kappa shape index (κ3) is 4.45. The average molecular weight is 390 g/mol. The number of hydrogen-bond acceptors (Lipinski definition) is 5. The van der Waals surface area contributed by atoms with Crippen LogP contribution in [-0.4, -0.2) is 43.6 Å². The quantitative estimate of drug-likeness (QED) is 0.739. The topological polar surface area (TPSA) is 89.9 Å². The molecule has 0 radical (unpaired) electrons. The lowest BCUT2D eigenvalue weighted by Crippen LogP contribution is -2.32. The number of hydrogen-bond donors (Lipinski definition) is 1. The number of nitrogen functional groups attached to an aromatic ring is 1. The highest BCUT2D eigenvalue weighted by Crippen LogP contribution is 2.28. The summed E-state index contributed by atoms with van der Waals surface area (Å²) < 4.78 is 2.02. The second kappa shape index (κ2) is 8.43. The fourth-order valence-corrected chi connectivity index (χ4v) is 3.94. The van der Waals surface area contributed by atoms with Crippen molar-refractivity contribution in [3.8, 4) is 0 Å². The zero-order valence-electron chi connectivity index (χ0n) is 16.7. The van der Waals surface area contributed by atoms with Crippen molar-refractivity contribution in [2.45, 2.75) is 38.6 Å². The van der Waals surface area contributed by atoms with E-state index in [4.69, 9.17) is 10.7 Å². The number of carbonyl (C=O) groups excluding carboxylic acids is 1. The second-order valence-corrected chi connectivity index (χ2v) is 7.53. The summed E-state index contributed by atoms with van der Waals surface area (Å²) in [5, 5.41) is 4.62. The van der Waals surface area contributed by atoms with Crippen molar-refractivity contribution in [2.75, 3.05) is 18.8 Å². The predicted molar refractivity (Wildman–Crippen MR) is 111 cm³/mol. The largest absolute Gasteiger partial charge is 0.384 e. The first-order valence-corrected chi connectivity index (χ1v) is 10.1. The number of anilines is 1. The van der Waals surface area contributed by atoms with Crippen molar-refractivity contribution in [1.29, 1.82) is 0 Å². The molecule has 0 bridgehead atoms. The van der Waals surface area contributed by atoms with Crippen LogP contribution in [0.2, 0.25) is 0 Å². The molecule has 29 heavy (non-hydrogen) atoms. The molecule has 0 spiro atoms. The van der Waals surface area contributed by atoms with Gasteiger partial charge in [-0.15, -0.1) is 0 Å². The summed E-state index contributed by atoms with van der Waals surface area (Å²) in [6, 6.07) is 15.5. The van der Waals surface area contributed by atoms with Gasteiger partial charge < -0.3 is 10.6 Å². The first-order valence-electron chi connectivity index (χ1n) is 10.1. The Morgan fingerprint density at radius 3 is 2.69 bits per heavy atom. The van der Waals surface area contributed by atoms with E-state index in [9.17, 15) is 4.79 Å². The molecule has 4 rings (SSSR count). The average Bonchev–Trinajstić information content (AvgIpc) is 2.93. The van der Waals surface area contributed by atoms with E-state index in [1.54, 1.807) is 18.2 Å². The van der Waals surface area contributed by atoms with Gasteiger partial charge in [-0.05, 0) is 43.9 Å². The maximum Gasteiger partial charge on any atom is 0.272 e. The number of aromatic nitrogens is 4. The number of amides is 1. The molecule has 1 fully saturated rings. The van der Waals surface area contributed by atoms with Gasteiger partial charge in [-0.1, -0.05) is 36.4 Å². The van der Waals surface area contributed by atoms with E-state index in [0.717, 1.165) is 37.5 Å². The van der Waals surface area contributed by atoms with Crippen molar-refractivity contribution in [3.05, 3.63) is 71.4 Å². The van der Waals surface area contributed by atoms with Gasteiger partial charge in [-0.25, -0.2) is 14.6 Å². The first-order chi connectivity index (χ1) is 14.1. The molecule has 150 valence electrons. The summed E-state index contributed by atoms with van der Waals surface area (Å²) in [5.41, 5.74) is 7.35. The predicted octanol–water partition coefficient (Wildman–Crippen LogP) is 3.02. The van der Waals surface area contributed by atoms with Gasteiger partial charge in [0.1, 0.15) is 23.2 Å². The SMILES string of the molecule is Cc1nc(C2CCCN(C(=O)c3cccc(N)n3)CC2)n(Cc2ccccc2)n1. The molecule has 2 N–H and O–H groups in total. The van der Waals surface area contributed by atoms with Gasteiger partial charge >= 0.3 is 0 Å². The number of nitrogens with zero attached hydrogens (tertiary/aromatic N) is 5. The van der Waals surface area contributed by atoms with Crippen LogP contribution in [0.1, 0.15) is 52.9 Å². The van der Waals surface area contributed by atoms with E-state index in [0.29, 0.717) is 24.6 Å². The smallest absolute Gasteiger partial charge is 0.272 e. The summed E-state index contributed by atoms with van der Waals surface area (Å²) in [5.74, 6) is 2.40. The van der Waals surface area contributed by atoms with Crippen molar-refractivity contribution in [2.24, 2.45) is 0 Å². The lowest BCUT2D eigenvalue weighted by atomic mass is 10.00. The van der Waals surface area contributed by atoms with Gasteiger partial charge in [0.05, 0.1) is 6.54 Å². The summed E-state index contributed by atoms with van der Waals surface area (Å²) in [6.07, 6.45) is 2.78. The standard InChI is InChI=1S/C22H26N6O/c1-16-24-21(28(26-16)15-17-7-3-2-4-8-17)18-9-6-13-27(14-12-18)22(29)19-10-5-11-20(23)25-19/h2-5,7-8,10-11,18H,6,9,12-15H2,1H3,(H2,23,25). The Labute approximate surface area is 170 Å². The van der Waals surface area contributed by atoms with Gasteiger partial charge in [0, 0.05) is 19.0 Å². The highest BCUT2D eigenvalue weighted by molar-refractivity contribution is 5.92. The zero-order chi connectivity index (χ0) is 20.2. The van der Waals surface area contributed by atoms with Crippen molar-refractivity contribution >= 4 is 11.7 Å². The van der Waals surface area contributed by atoms with Gasteiger partial charge in [-0.3, -0.25) is 4.79 Å². The minimum Gasteiger partial charge on any atom is -0.384 e. The number of aryl methyl sites for hydroxylation is 1. The molecule has 0 aliphatic carbocycles. The molecule has 1 saturated heterocycles. The molecule has 7 heteroatoms. The molecule has 3 heterocycles. The van der Waals surface area contributed by atoms with Crippen LogP contribution < -0.4 is 5.73 Å². The lowest BCUT2D eigenvalue weighted by Gasteiger charge is -2.20. The van der Waals surface area contributed by atoms with Gasteiger partial charge in [0.15, 0.2) is 0 Å². The third-order valence-corrected chi connectivity index (χ3v) is 5.35. The van der Waals surface area contributed by atoms with Gasteiger partial charge in [0.2, 0.25) is 0 Å². The molecule has 1 atom stereocenters. The number of nitrogens with two attached hydrogens (primary N) is 1. The highest BCUT2D eigenvalue weighted by Gasteiger charge is 2.26. The Morgan fingerprint density at radius 1 is 1.07 bits per heavy atom. The zero-order valence-corrected chi connectivity index (χ0v) is 16.7. The Kier molecular flexibility index (Phi) is 5.55. The van der Waals surface area contributed by atoms with Crippen LogP contribution in [0.3, 0.4) is 0 Å². The molecule has 1 amide bonds. The minimum absolute atomic E-state index is 0.0557. The number of benzene rings is 1. The Morgan fingerprint density at radius 2 is 1.90 bits per heavy atom. The lowest BCUT2D eigenvalue weighted by molar-refractivity contribution is 0.0755. The minimum atomic E-state index is -0.0557. The van der Waals surface area contributed by atoms with Crippen LogP contribution in [0.15, 0.2) is 48.5 Å². The van der Waals surface area contributed by atoms with Crippen LogP contribution in [0.5, 0.6) is 0 Å². The molecular weight excluding hydrogens is 364 g/mol. The molecule has 1 aliphatic heterocycles. The summed E-state index contributed by atoms with van der Waals surface area (Å²) in [6.45, 7) is 4.04. The number of carbonyl (C=O) groups is 1. The van der Waals surface area contributed by atoms with Crippen molar-refractivity contribution in [1.82, 2.24) is 24.6 Å². The number of likely N-dealkylation sites (tertiary alicyclic amines) is 1. The summed E-state index contributed by atoms with van der Waals surface area (Å²) in [7, 11) is 0.